The zero-order valence-electron chi connectivity index (χ0n) is 5.30. The van der Waals surface area contributed by atoms with Crippen LogP contribution in [0.25, 0.3) is 0 Å². The maximum absolute atomic E-state index is 8.56. The van der Waals surface area contributed by atoms with Crippen molar-refractivity contribution in [3.8, 4) is 0 Å². The summed E-state index contributed by atoms with van der Waals surface area (Å²) in [5.41, 5.74) is 0. The topological polar surface area (TPSA) is 57.5 Å². The Morgan fingerprint density at radius 2 is 1.89 bits per heavy atom. The predicted octanol–water partition coefficient (Wildman–Crippen LogP) is 2.40. The van der Waals surface area contributed by atoms with Crippen molar-refractivity contribution in [2.24, 2.45) is 0 Å². The molecule has 0 heterocycles. The number of unbranched alkanes of at least 4 members (excludes halogenated alkanes) is 1. The fraction of sp³-hybridized carbons (Fsp3) is 0.800. The Morgan fingerprint density at radius 3 is 1.89 bits per heavy atom. The lowest BCUT2D eigenvalue weighted by molar-refractivity contribution is 0.137. The monoisotopic (exact) mass is 198 g/mol. The van der Waals surface area contributed by atoms with Gasteiger partial charge in [-0.2, -0.15) is 0 Å². The van der Waals surface area contributed by atoms with Crippen LogP contribution in [0.4, 0.5) is 4.79 Å². The highest BCUT2D eigenvalue weighted by atomic mass is 79.9. The zero-order valence-corrected chi connectivity index (χ0v) is 6.89. The second-order valence-corrected chi connectivity index (χ2v) is 2.12. The van der Waals surface area contributed by atoms with Crippen LogP contribution in [0.2, 0.25) is 0 Å². The summed E-state index contributed by atoms with van der Waals surface area (Å²) in [6.07, 6.45) is 0.769. The maximum Gasteiger partial charge on any atom is 0.503 e. The van der Waals surface area contributed by atoms with Crippen LogP contribution in [0.5, 0.6) is 0 Å². The van der Waals surface area contributed by atoms with E-state index in [9.17, 15) is 0 Å². The molecule has 0 radical (unpaired) electrons. The van der Waals surface area contributed by atoms with E-state index >= 15 is 0 Å². The minimum absolute atomic E-state index is 1.16. The first-order chi connectivity index (χ1) is 4.15. The number of carbonyl (C=O) groups is 1. The van der Waals surface area contributed by atoms with E-state index < -0.39 is 6.16 Å². The molecule has 2 N–H and O–H groups in total. The molecule has 0 rings (SSSR count). The summed E-state index contributed by atoms with van der Waals surface area (Å²) in [4.78, 5) is 8.56. The van der Waals surface area contributed by atoms with Gasteiger partial charge in [0.1, 0.15) is 0 Å². The van der Waals surface area contributed by atoms with Crippen LogP contribution in [0, 0.1) is 0 Å². The van der Waals surface area contributed by atoms with Gasteiger partial charge in [0, 0.05) is 5.33 Å². The molecule has 4 heteroatoms. The van der Waals surface area contributed by atoms with Gasteiger partial charge in [-0.25, -0.2) is 4.79 Å². The van der Waals surface area contributed by atoms with Crippen LogP contribution in [-0.4, -0.2) is 21.7 Å². The predicted molar refractivity (Wildman–Crippen MR) is 39.4 cm³/mol. The molecule has 56 valence electrons. The molecule has 0 unspecified atom stereocenters. The summed E-state index contributed by atoms with van der Waals surface area (Å²) in [7, 11) is 0. The molecule has 0 saturated carbocycles. The lowest BCUT2D eigenvalue weighted by Crippen LogP contribution is -1.81. The van der Waals surface area contributed by atoms with Crippen molar-refractivity contribution < 1.29 is 15.0 Å². The van der Waals surface area contributed by atoms with Gasteiger partial charge in [-0.05, 0) is 6.42 Å². The third kappa shape index (κ3) is 83.7. The van der Waals surface area contributed by atoms with Crippen LogP contribution >= 0.6 is 15.9 Å². The molecular formula is C5H11BrO3. The molecule has 0 aromatic rings. The Bertz CT molecular complexity index is 59.2. The van der Waals surface area contributed by atoms with E-state index in [2.05, 4.69) is 22.9 Å². The second kappa shape index (κ2) is 10.7. The molecule has 3 nitrogen and oxygen atoms in total. The van der Waals surface area contributed by atoms with E-state index in [4.69, 9.17) is 15.0 Å². The number of alkyl halides is 1. The van der Waals surface area contributed by atoms with Gasteiger partial charge in [-0.1, -0.05) is 29.3 Å². The first kappa shape index (κ1) is 11.5. The highest BCUT2D eigenvalue weighted by molar-refractivity contribution is 9.09. The molecule has 0 fully saturated rings. The number of halogens is 1. The second-order valence-electron chi connectivity index (χ2n) is 1.33. The van der Waals surface area contributed by atoms with E-state index in [0.717, 1.165) is 5.33 Å². The molecule has 0 saturated heterocycles. The first-order valence-electron chi connectivity index (χ1n) is 2.63. The van der Waals surface area contributed by atoms with Gasteiger partial charge >= 0.3 is 6.16 Å². The molecule has 0 atom stereocenters. The van der Waals surface area contributed by atoms with Crippen LogP contribution in [-0.2, 0) is 0 Å². The number of hydrogen-bond acceptors (Lipinski definition) is 1. The van der Waals surface area contributed by atoms with Crippen LogP contribution in [0.15, 0.2) is 0 Å². The van der Waals surface area contributed by atoms with E-state index in [1.807, 2.05) is 0 Å². The van der Waals surface area contributed by atoms with Crippen molar-refractivity contribution in [1.82, 2.24) is 0 Å². The lowest BCUT2D eigenvalue weighted by Gasteiger charge is -1.77. The minimum atomic E-state index is -1.83. The van der Waals surface area contributed by atoms with E-state index in [0.29, 0.717) is 0 Å². The number of rotatable bonds is 2. The van der Waals surface area contributed by atoms with Crippen molar-refractivity contribution in [1.29, 1.82) is 0 Å². The van der Waals surface area contributed by atoms with Crippen LogP contribution in [0.3, 0.4) is 0 Å². The molecule has 0 aliphatic heterocycles. The summed E-state index contributed by atoms with van der Waals surface area (Å²) in [5, 5.41) is 15.1. The summed E-state index contributed by atoms with van der Waals surface area (Å²) >= 11 is 3.31. The number of hydrogen-bond donors (Lipinski definition) is 2. The van der Waals surface area contributed by atoms with Gasteiger partial charge in [0.15, 0.2) is 0 Å². The standard InChI is InChI=1S/C4H9Br.CH2O3/c1-2-3-4-5;2-1(3)4/h2-4H2,1H3;(H2,2,3,4). The van der Waals surface area contributed by atoms with Crippen molar-refractivity contribution >= 4 is 22.1 Å². The highest BCUT2D eigenvalue weighted by Crippen LogP contribution is 1.89. The minimum Gasteiger partial charge on any atom is -0.450 e. The summed E-state index contributed by atoms with van der Waals surface area (Å²) in [5.74, 6) is 0. The van der Waals surface area contributed by atoms with Gasteiger partial charge in [0.2, 0.25) is 0 Å². The van der Waals surface area contributed by atoms with Gasteiger partial charge in [-0.15, -0.1) is 0 Å². The molecule has 0 aromatic heterocycles. The van der Waals surface area contributed by atoms with Gasteiger partial charge in [-0.3, -0.25) is 0 Å². The zero-order chi connectivity index (χ0) is 7.70. The Hall–Kier alpha value is -0.250. The van der Waals surface area contributed by atoms with Gasteiger partial charge in [0.25, 0.3) is 0 Å². The summed E-state index contributed by atoms with van der Waals surface area (Å²) in [6, 6.07) is 0. The highest BCUT2D eigenvalue weighted by Gasteiger charge is 1.70. The molecular weight excluding hydrogens is 188 g/mol. The smallest absolute Gasteiger partial charge is 0.450 e. The molecule has 0 amide bonds. The number of carboxylic acid groups (broad SMARTS) is 2. The summed E-state index contributed by atoms with van der Waals surface area (Å²) in [6.45, 7) is 2.18. The van der Waals surface area contributed by atoms with Crippen LogP contribution in [0.1, 0.15) is 19.8 Å². The normalized spacial score (nSPS) is 7.33. The van der Waals surface area contributed by atoms with Gasteiger partial charge in [0.05, 0.1) is 0 Å². The Labute approximate surface area is 62.8 Å². The third-order valence-corrected chi connectivity index (χ3v) is 1.05. The van der Waals surface area contributed by atoms with Crippen molar-refractivity contribution in [3.05, 3.63) is 0 Å². The molecule has 0 spiro atoms. The van der Waals surface area contributed by atoms with Crippen LogP contribution < -0.4 is 0 Å². The largest absolute Gasteiger partial charge is 0.503 e. The molecule has 9 heavy (non-hydrogen) atoms. The van der Waals surface area contributed by atoms with E-state index in [1.165, 1.54) is 12.8 Å². The van der Waals surface area contributed by atoms with Crippen molar-refractivity contribution in [2.45, 2.75) is 19.8 Å². The van der Waals surface area contributed by atoms with E-state index in [-0.39, 0.29) is 0 Å². The quantitative estimate of drug-likeness (QED) is 0.671. The fourth-order valence-corrected chi connectivity index (χ4v) is 0.694. The molecule has 0 aliphatic carbocycles. The Kier molecular flexibility index (Phi) is 13.7. The Morgan fingerprint density at radius 1 is 1.56 bits per heavy atom. The average molecular weight is 199 g/mol. The first-order valence-corrected chi connectivity index (χ1v) is 3.75. The molecule has 0 bridgehead atoms. The third-order valence-electron chi connectivity index (χ3n) is 0.487. The van der Waals surface area contributed by atoms with Crippen molar-refractivity contribution in [2.75, 3.05) is 5.33 Å². The van der Waals surface area contributed by atoms with Crippen molar-refractivity contribution in [3.63, 3.8) is 0 Å². The maximum atomic E-state index is 8.56. The Balaban J connectivity index is 0. The van der Waals surface area contributed by atoms with Gasteiger partial charge < -0.3 is 10.2 Å². The molecule has 0 aliphatic rings. The SMILES string of the molecule is CCCCBr.O=C(O)O. The lowest BCUT2D eigenvalue weighted by atomic mass is 10.4. The van der Waals surface area contributed by atoms with E-state index in [1.54, 1.807) is 0 Å². The summed E-state index contributed by atoms with van der Waals surface area (Å²) < 4.78 is 0. The average Bonchev–Trinajstić information content (AvgIpc) is 1.66. The fourth-order valence-electron chi connectivity index (χ4n) is 0.134. The molecule has 0 aromatic carbocycles.